The average Bonchev–Trinajstić information content (AvgIpc) is 2.92. The van der Waals surface area contributed by atoms with Crippen LogP contribution in [0.15, 0.2) is 36.4 Å². The molecule has 3 rings (SSSR count). The van der Waals surface area contributed by atoms with Crippen molar-refractivity contribution in [3.8, 4) is 11.1 Å². The Kier molecular flexibility index (Phi) is 5.09. The Hall–Kier alpha value is -2.66. The maximum Gasteiger partial charge on any atom is 0.269 e. The first-order valence-electron chi connectivity index (χ1n) is 8.95. The van der Waals surface area contributed by atoms with Crippen molar-refractivity contribution in [2.45, 2.75) is 33.7 Å². The predicted octanol–water partition coefficient (Wildman–Crippen LogP) is 3.83. The molecular formula is C21H25N3O2. The molecule has 5 heteroatoms. The van der Waals surface area contributed by atoms with Crippen LogP contribution < -0.4 is 5.32 Å². The number of carbonyl (C=O) groups excluding carboxylic acids is 2. The van der Waals surface area contributed by atoms with Gasteiger partial charge in [0.15, 0.2) is 0 Å². The predicted molar refractivity (Wildman–Crippen MR) is 104 cm³/mol. The lowest BCUT2D eigenvalue weighted by atomic mass is 9.96. The minimum Gasteiger partial charge on any atom is -0.326 e. The van der Waals surface area contributed by atoms with Crippen LogP contribution in [0.25, 0.3) is 11.1 Å². The Morgan fingerprint density at radius 1 is 1.23 bits per heavy atom. The third kappa shape index (κ3) is 3.48. The summed E-state index contributed by atoms with van der Waals surface area (Å²) in [7, 11) is 1.96. The highest BCUT2D eigenvalue weighted by Crippen LogP contribution is 2.32. The Morgan fingerprint density at radius 2 is 2.00 bits per heavy atom. The molecule has 1 aliphatic heterocycles. The summed E-state index contributed by atoms with van der Waals surface area (Å²) in [6.45, 7) is 7.05. The molecule has 5 nitrogen and oxygen atoms in total. The number of rotatable bonds is 5. The zero-order chi connectivity index (χ0) is 18.8. The molecule has 0 saturated carbocycles. The van der Waals surface area contributed by atoms with E-state index in [9.17, 15) is 9.59 Å². The maximum atomic E-state index is 12.8. The van der Waals surface area contributed by atoms with Gasteiger partial charge < -0.3 is 5.32 Å². The fourth-order valence-corrected chi connectivity index (χ4v) is 3.52. The Balaban J connectivity index is 1.95. The number of hydrogen-bond acceptors (Lipinski definition) is 3. The third-order valence-corrected chi connectivity index (χ3v) is 4.66. The number of hydrazine groups is 1. The van der Waals surface area contributed by atoms with E-state index in [0.29, 0.717) is 6.54 Å². The highest BCUT2D eigenvalue weighted by Gasteiger charge is 2.31. The molecule has 2 aromatic rings. The monoisotopic (exact) mass is 351 g/mol. The number of hydrogen-bond donors (Lipinski definition) is 1. The largest absolute Gasteiger partial charge is 0.326 e. The first-order valence-corrected chi connectivity index (χ1v) is 8.95. The molecule has 0 atom stereocenters. The third-order valence-electron chi connectivity index (χ3n) is 4.66. The molecule has 0 aromatic heterocycles. The minimum atomic E-state index is -0.0903. The normalized spacial score (nSPS) is 13.3. The summed E-state index contributed by atoms with van der Waals surface area (Å²) in [5.41, 5.74) is 5.71. The molecule has 1 aliphatic rings. The lowest BCUT2D eigenvalue weighted by Crippen LogP contribution is -2.40. The number of nitrogens with zero attached hydrogens (tertiary/aromatic N) is 2. The van der Waals surface area contributed by atoms with Crippen LogP contribution in [0.4, 0.5) is 5.69 Å². The summed E-state index contributed by atoms with van der Waals surface area (Å²) in [5, 5.41) is 6.63. The van der Waals surface area contributed by atoms with Crippen LogP contribution in [0.2, 0.25) is 0 Å². The van der Waals surface area contributed by atoms with Crippen molar-refractivity contribution in [2.75, 3.05) is 18.9 Å². The van der Waals surface area contributed by atoms with Crippen molar-refractivity contribution in [3.63, 3.8) is 0 Å². The molecule has 0 unspecified atom stereocenters. The van der Waals surface area contributed by atoms with Crippen molar-refractivity contribution < 1.29 is 9.59 Å². The van der Waals surface area contributed by atoms with E-state index in [2.05, 4.69) is 18.3 Å². The van der Waals surface area contributed by atoms with Crippen molar-refractivity contribution in [1.82, 2.24) is 10.0 Å². The first kappa shape index (κ1) is 18.1. The molecule has 0 spiro atoms. The van der Waals surface area contributed by atoms with Gasteiger partial charge in [0.1, 0.15) is 0 Å². The van der Waals surface area contributed by atoms with E-state index in [-0.39, 0.29) is 11.8 Å². The number of fused-ring (bicyclic) bond motifs is 1. The molecule has 1 N–H and O–H groups in total. The van der Waals surface area contributed by atoms with Gasteiger partial charge in [0.05, 0.1) is 6.54 Å². The van der Waals surface area contributed by atoms with Gasteiger partial charge in [-0.25, -0.2) is 5.01 Å². The van der Waals surface area contributed by atoms with Gasteiger partial charge in [0.25, 0.3) is 5.91 Å². The van der Waals surface area contributed by atoms with Crippen LogP contribution in [-0.2, 0) is 11.3 Å². The van der Waals surface area contributed by atoms with Gasteiger partial charge in [-0.1, -0.05) is 25.1 Å². The zero-order valence-electron chi connectivity index (χ0n) is 15.8. The number of amides is 2. The number of nitrogens with one attached hydrogen (secondary N) is 1. The first-order chi connectivity index (χ1) is 12.4. The van der Waals surface area contributed by atoms with Crippen LogP contribution >= 0.6 is 0 Å². The van der Waals surface area contributed by atoms with Gasteiger partial charge in [0, 0.05) is 31.8 Å². The van der Waals surface area contributed by atoms with Crippen LogP contribution in [0, 0.1) is 6.92 Å². The summed E-state index contributed by atoms with van der Waals surface area (Å²) < 4.78 is 0. The Labute approximate surface area is 154 Å². The standard InChI is InChI=1S/C21H25N3O2/c1-5-9-23(4)24-13-18-11-17(10-14(2)20(18)21(24)26)16-7-6-8-19(12-16)22-15(3)25/h6-8,10-12H,5,9,13H2,1-4H3,(H,22,25). The van der Waals surface area contributed by atoms with E-state index in [1.54, 1.807) is 0 Å². The second-order valence-electron chi connectivity index (χ2n) is 6.83. The van der Waals surface area contributed by atoms with E-state index in [0.717, 1.165) is 46.5 Å². The minimum absolute atomic E-state index is 0.0759. The fraction of sp³-hybridized carbons (Fsp3) is 0.333. The van der Waals surface area contributed by atoms with E-state index in [4.69, 9.17) is 0 Å². The van der Waals surface area contributed by atoms with E-state index < -0.39 is 0 Å². The summed E-state index contributed by atoms with van der Waals surface area (Å²) in [6, 6.07) is 11.9. The van der Waals surface area contributed by atoms with E-state index >= 15 is 0 Å². The quantitative estimate of drug-likeness (QED) is 0.891. The molecule has 0 fully saturated rings. The Morgan fingerprint density at radius 3 is 2.69 bits per heavy atom. The smallest absolute Gasteiger partial charge is 0.269 e. The molecule has 0 aliphatic carbocycles. The second-order valence-corrected chi connectivity index (χ2v) is 6.83. The summed E-state index contributed by atoms with van der Waals surface area (Å²) in [5.74, 6) is -0.0144. The average molecular weight is 351 g/mol. The van der Waals surface area contributed by atoms with Crippen LogP contribution in [0.3, 0.4) is 0 Å². The number of aryl methyl sites for hydroxylation is 1. The highest BCUT2D eigenvalue weighted by molar-refractivity contribution is 6.00. The van der Waals surface area contributed by atoms with Gasteiger partial charge in [-0.15, -0.1) is 0 Å². The van der Waals surface area contributed by atoms with Crippen molar-refractivity contribution in [3.05, 3.63) is 53.1 Å². The Bertz CT molecular complexity index is 860. The van der Waals surface area contributed by atoms with Gasteiger partial charge in [-0.2, -0.15) is 0 Å². The molecule has 0 saturated heterocycles. The zero-order valence-corrected chi connectivity index (χ0v) is 15.8. The molecule has 0 radical (unpaired) electrons. The van der Waals surface area contributed by atoms with Gasteiger partial charge in [0.2, 0.25) is 5.91 Å². The van der Waals surface area contributed by atoms with Gasteiger partial charge in [-0.3, -0.25) is 14.6 Å². The lowest BCUT2D eigenvalue weighted by Gasteiger charge is -2.27. The molecule has 26 heavy (non-hydrogen) atoms. The number of anilines is 1. The molecular weight excluding hydrogens is 326 g/mol. The second kappa shape index (κ2) is 7.30. The van der Waals surface area contributed by atoms with Crippen molar-refractivity contribution in [1.29, 1.82) is 0 Å². The molecule has 2 aromatic carbocycles. The number of benzene rings is 2. The maximum absolute atomic E-state index is 12.8. The molecule has 2 amide bonds. The van der Waals surface area contributed by atoms with Crippen LogP contribution in [0.5, 0.6) is 0 Å². The van der Waals surface area contributed by atoms with Crippen LogP contribution in [0.1, 0.15) is 41.8 Å². The summed E-state index contributed by atoms with van der Waals surface area (Å²) in [4.78, 5) is 24.1. The van der Waals surface area contributed by atoms with Gasteiger partial charge >= 0.3 is 0 Å². The van der Waals surface area contributed by atoms with E-state index in [1.165, 1.54) is 6.92 Å². The summed E-state index contributed by atoms with van der Waals surface area (Å²) in [6.07, 6.45) is 0.997. The van der Waals surface area contributed by atoms with Gasteiger partial charge in [-0.05, 0) is 53.8 Å². The SMILES string of the molecule is CCCN(C)N1Cc2cc(-c3cccc(NC(C)=O)c3)cc(C)c2C1=O. The van der Waals surface area contributed by atoms with Crippen LogP contribution in [-0.4, -0.2) is 35.4 Å². The lowest BCUT2D eigenvalue weighted by molar-refractivity contribution is -0.114. The highest BCUT2D eigenvalue weighted by atomic mass is 16.2. The molecule has 1 heterocycles. The van der Waals surface area contributed by atoms with E-state index in [1.807, 2.05) is 54.3 Å². The topological polar surface area (TPSA) is 52.6 Å². The molecule has 136 valence electrons. The fourth-order valence-electron chi connectivity index (χ4n) is 3.52. The summed E-state index contributed by atoms with van der Waals surface area (Å²) >= 11 is 0. The molecule has 0 bridgehead atoms. The van der Waals surface area contributed by atoms with Crippen molar-refractivity contribution in [2.24, 2.45) is 0 Å². The van der Waals surface area contributed by atoms with Crippen molar-refractivity contribution >= 4 is 17.5 Å². The number of carbonyl (C=O) groups is 2.